The first-order chi connectivity index (χ1) is 9.86. The van der Waals surface area contributed by atoms with Crippen molar-refractivity contribution in [3.63, 3.8) is 0 Å². The van der Waals surface area contributed by atoms with Gasteiger partial charge >= 0.3 is 5.97 Å². The van der Waals surface area contributed by atoms with Gasteiger partial charge in [-0.25, -0.2) is 0 Å². The van der Waals surface area contributed by atoms with Gasteiger partial charge in [-0.05, 0) is 25.2 Å². The van der Waals surface area contributed by atoms with Crippen molar-refractivity contribution in [1.82, 2.24) is 9.80 Å². The number of rotatable bonds is 5. The Morgan fingerprint density at radius 2 is 1.71 bits per heavy atom. The van der Waals surface area contributed by atoms with Crippen molar-refractivity contribution in [2.75, 3.05) is 27.2 Å². The van der Waals surface area contributed by atoms with Crippen LogP contribution >= 0.6 is 0 Å². The van der Waals surface area contributed by atoms with Gasteiger partial charge in [-0.3, -0.25) is 14.4 Å². The van der Waals surface area contributed by atoms with Crippen molar-refractivity contribution >= 4 is 17.8 Å². The van der Waals surface area contributed by atoms with E-state index in [4.69, 9.17) is 0 Å². The van der Waals surface area contributed by atoms with Gasteiger partial charge in [0.15, 0.2) is 0 Å². The van der Waals surface area contributed by atoms with Crippen molar-refractivity contribution in [2.24, 2.45) is 23.7 Å². The first-order valence-corrected chi connectivity index (χ1v) is 7.26. The number of carbonyl (C=O) groups is 3. The van der Waals surface area contributed by atoms with E-state index in [9.17, 15) is 19.5 Å². The van der Waals surface area contributed by atoms with E-state index < -0.39 is 17.8 Å². The highest BCUT2D eigenvalue weighted by Crippen LogP contribution is 2.48. The minimum atomic E-state index is -0.916. The van der Waals surface area contributed by atoms with Crippen molar-refractivity contribution in [1.29, 1.82) is 0 Å². The number of carboxylic acid groups (broad SMARTS) is 1. The predicted molar refractivity (Wildman–Crippen MR) is 76.3 cm³/mol. The summed E-state index contributed by atoms with van der Waals surface area (Å²) in [6.45, 7) is 2.22. The molecule has 0 aromatic heterocycles. The van der Waals surface area contributed by atoms with E-state index in [1.807, 2.05) is 12.2 Å². The summed E-state index contributed by atoms with van der Waals surface area (Å²) in [5.74, 6) is -2.53. The molecule has 2 rings (SSSR count). The van der Waals surface area contributed by atoms with E-state index in [-0.39, 0.29) is 30.2 Å². The zero-order valence-electron chi connectivity index (χ0n) is 12.7. The summed E-state index contributed by atoms with van der Waals surface area (Å²) < 4.78 is 0. The largest absolute Gasteiger partial charge is 0.481 e. The van der Waals surface area contributed by atoms with Gasteiger partial charge in [-0.2, -0.15) is 0 Å². The van der Waals surface area contributed by atoms with Crippen LogP contribution in [0.15, 0.2) is 12.2 Å². The van der Waals surface area contributed by atoms with Gasteiger partial charge in [0, 0.05) is 20.6 Å². The van der Waals surface area contributed by atoms with Crippen LogP contribution in [0.5, 0.6) is 0 Å². The number of allylic oxidation sites excluding steroid dienone is 2. The van der Waals surface area contributed by atoms with Crippen LogP contribution in [0.3, 0.4) is 0 Å². The van der Waals surface area contributed by atoms with Gasteiger partial charge in [-0.15, -0.1) is 0 Å². The summed E-state index contributed by atoms with van der Waals surface area (Å²) >= 11 is 0. The highest BCUT2D eigenvalue weighted by Gasteiger charge is 2.52. The Labute approximate surface area is 124 Å². The van der Waals surface area contributed by atoms with Gasteiger partial charge in [-0.1, -0.05) is 12.2 Å². The fourth-order valence-electron chi connectivity index (χ4n) is 3.36. The fourth-order valence-corrected chi connectivity index (χ4v) is 3.36. The van der Waals surface area contributed by atoms with Crippen LogP contribution in [-0.2, 0) is 14.4 Å². The number of amides is 2. The summed E-state index contributed by atoms with van der Waals surface area (Å²) in [4.78, 5) is 38.9. The molecule has 0 aromatic carbocycles. The van der Waals surface area contributed by atoms with Crippen LogP contribution in [0.25, 0.3) is 0 Å². The molecule has 0 radical (unpaired) electrons. The van der Waals surface area contributed by atoms with Gasteiger partial charge in [0.1, 0.15) is 0 Å². The highest BCUT2D eigenvalue weighted by atomic mass is 16.4. The zero-order valence-corrected chi connectivity index (χ0v) is 12.7. The Hall–Kier alpha value is -1.85. The Kier molecular flexibility index (Phi) is 4.34. The minimum Gasteiger partial charge on any atom is -0.481 e. The molecule has 0 heterocycles. The smallest absolute Gasteiger partial charge is 0.307 e. The molecule has 2 amide bonds. The highest BCUT2D eigenvalue weighted by molar-refractivity contribution is 5.90. The third-order valence-electron chi connectivity index (χ3n) is 4.55. The maximum Gasteiger partial charge on any atom is 0.307 e. The molecule has 2 bridgehead atoms. The van der Waals surface area contributed by atoms with Gasteiger partial charge in [0.2, 0.25) is 11.8 Å². The lowest BCUT2D eigenvalue weighted by Gasteiger charge is -2.30. The second-order valence-corrected chi connectivity index (χ2v) is 5.98. The topological polar surface area (TPSA) is 77.9 Å². The average molecular weight is 294 g/mol. The molecule has 4 atom stereocenters. The third-order valence-corrected chi connectivity index (χ3v) is 4.55. The summed E-state index contributed by atoms with van der Waals surface area (Å²) in [6, 6.07) is 0. The number of likely N-dealkylation sites (N-methyl/N-ethyl adjacent to an activating group) is 2. The Bertz CT molecular complexity index is 486. The fraction of sp³-hybridized carbons (Fsp3) is 0.667. The second kappa shape index (κ2) is 5.87. The molecule has 1 fully saturated rings. The van der Waals surface area contributed by atoms with E-state index >= 15 is 0 Å². The van der Waals surface area contributed by atoms with E-state index in [0.717, 1.165) is 6.42 Å². The number of aliphatic carboxylic acids is 1. The maximum atomic E-state index is 12.7. The number of hydrogen-bond acceptors (Lipinski definition) is 3. The molecule has 1 saturated carbocycles. The second-order valence-electron chi connectivity index (χ2n) is 5.98. The van der Waals surface area contributed by atoms with Gasteiger partial charge < -0.3 is 14.9 Å². The van der Waals surface area contributed by atoms with Crippen LogP contribution in [0, 0.1) is 23.7 Å². The van der Waals surface area contributed by atoms with Crippen molar-refractivity contribution in [2.45, 2.75) is 13.3 Å². The van der Waals surface area contributed by atoms with Crippen LogP contribution in [0.4, 0.5) is 0 Å². The van der Waals surface area contributed by atoms with Crippen molar-refractivity contribution in [3.8, 4) is 0 Å². The zero-order chi connectivity index (χ0) is 15.7. The molecule has 116 valence electrons. The number of hydrogen-bond donors (Lipinski definition) is 1. The molecular formula is C15H22N2O4. The maximum absolute atomic E-state index is 12.7. The molecule has 6 nitrogen and oxygen atoms in total. The lowest BCUT2D eigenvalue weighted by atomic mass is 9.82. The predicted octanol–water partition coefficient (Wildman–Crippen LogP) is 0.446. The molecule has 0 aliphatic heterocycles. The van der Waals surface area contributed by atoms with E-state index in [0.29, 0.717) is 6.54 Å². The number of fused-ring (bicyclic) bond motifs is 2. The summed E-state index contributed by atoms with van der Waals surface area (Å²) in [6.07, 6.45) is 4.59. The van der Waals surface area contributed by atoms with Crippen LogP contribution in [0.1, 0.15) is 13.3 Å². The first kappa shape index (κ1) is 15.5. The number of carboxylic acids is 1. The monoisotopic (exact) mass is 294 g/mol. The standard InChI is InChI=1S/C15H22N2O4/c1-4-17(8-11(18)16(2)3)14(19)12-9-5-6-10(7-9)13(12)15(20)21/h5-6,9-10,12-13H,4,7-8H2,1-3H3,(H,20,21)/t9?,10?,12-,13+/m0/s1. The van der Waals surface area contributed by atoms with E-state index in [2.05, 4.69) is 0 Å². The Balaban J connectivity index is 2.15. The molecule has 0 aromatic rings. The summed E-state index contributed by atoms with van der Waals surface area (Å²) in [5, 5.41) is 9.40. The first-order valence-electron chi connectivity index (χ1n) is 7.26. The van der Waals surface area contributed by atoms with Crippen molar-refractivity contribution < 1.29 is 19.5 Å². The summed E-state index contributed by atoms with van der Waals surface area (Å²) in [7, 11) is 3.28. The molecular weight excluding hydrogens is 272 g/mol. The number of carbonyl (C=O) groups excluding carboxylic acids is 2. The van der Waals surface area contributed by atoms with Crippen LogP contribution < -0.4 is 0 Å². The van der Waals surface area contributed by atoms with Crippen molar-refractivity contribution in [3.05, 3.63) is 12.2 Å². The molecule has 21 heavy (non-hydrogen) atoms. The van der Waals surface area contributed by atoms with E-state index in [1.54, 1.807) is 21.0 Å². The van der Waals surface area contributed by atoms with Crippen LogP contribution in [-0.4, -0.2) is 59.9 Å². The molecule has 0 saturated heterocycles. The SMILES string of the molecule is CCN(CC(=O)N(C)C)C(=O)[C@H]1C2C=CC(C2)[C@H]1C(=O)O. The molecule has 6 heteroatoms. The van der Waals surface area contributed by atoms with Gasteiger partial charge in [0.05, 0.1) is 18.4 Å². The van der Waals surface area contributed by atoms with E-state index in [1.165, 1.54) is 9.80 Å². The number of nitrogens with zero attached hydrogens (tertiary/aromatic N) is 2. The lowest BCUT2D eigenvalue weighted by molar-refractivity contribution is -0.152. The Morgan fingerprint density at radius 1 is 1.14 bits per heavy atom. The quantitative estimate of drug-likeness (QED) is 0.747. The third kappa shape index (κ3) is 2.80. The molecule has 2 unspecified atom stereocenters. The lowest BCUT2D eigenvalue weighted by Crippen LogP contribution is -2.46. The minimum absolute atomic E-state index is 0.00622. The molecule has 0 spiro atoms. The normalized spacial score (nSPS) is 29.5. The van der Waals surface area contributed by atoms with Gasteiger partial charge in [0.25, 0.3) is 0 Å². The molecule has 1 N–H and O–H groups in total. The Morgan fingerprint density at radius 3 is 2.19 bits per heavy atom. The molecule has 2 aliphatic rings. The van der Waals surface area contributed by atoms with Crippen LogP contribution in [0.2, 0.25) is 0 Å². The molecule has 2 aliphatic carbocycles. The summed E-state index contributed by atoms with van der Waals surface area (Å²) in [5.41, 5.74) is 0. The average Bonchev–Trinajstić information content (AvgIpc) is 3.03.